The lowest BCUT2D eigenvalue weighted by Crippen LogP contribution is -2.35. The molecule has 9 heteroatoms. The molecule has 1 aliphatic rings. The Morgan fingerprint density at radius 2 is 1.85 bits per heavy atom. The molecule has 8 nitrogen and oxygen atoms in total. The van der Waals surface area contributed by atoms with E-state index in [0.29, 0.717) is 41.5 Å². The summed E-state index contributed by atoms with van der Waals surface area (Å²) in [6.45, 7) is 3.05. The second-order valence-corrected chi connectivity index (χ2v) is 8.36. The summed E-state index contributed by atoms with van der Waals surface area (Å²) in [7, 11) is 6.74. The Kier molecular flexibility index (Phi) is 8.06. The van der Waals surface area contributed by atoms with Crippen molar-refractivity contribution in [1.29, 1.82) is 0 Å². The van der Waals surface area contributed by atoms with Crippen LogP contribution in [0.4, 0.5) is 0 Å². The molecule has 0 saturated carbocycles. The number of hydrogen-bond acceptors (Lipinski definition) is 7. The first-order valence-electron chi connectivity index (χ1n) is 10.8. The third kappa shape index (κ3) is 4.83. The van der Waals surface area contributed by atoms with Crippen molar-refractivity contribution in [3.8, 4) is 17.2 Å². The summed E-state index contributed by atoms with van der Waals surface area (Å²) < 4.78 is 16.5. The predicted octanol–water partition coefficient (Wildman–Crippen LogP) is 3.74. The van der Waals surface area contributed by atoms with E-state index in [0.717, 1.165) is 0 Å². The van der Waals surface area contributed by atoms with Crippen LogP contribution in [0.15, 0.2) is 42.0 Å². The van der Waals surface area contributed by atoms with Gasteiger partial charge in [0.05, 0.1) is 37.5 Å². The normalized spacial score (nSPS) is 17.4. The first kappa shape index (κ1) is 25.4. The first-order valence-corrected chi connectivity index (χ1v) is 11.2. The lowest BCUT2D eigenvalue weighted by atomic mass is 9.94. The minimum absolute atomic E-state index is 0.0458. The number of aliphatic hydroxyl groups excluding tert-OH is 1. The van der Waals surface area contributed by atoms with Gasteiger partial charge < -0.3 is 29.1 Å². The molecule has 3 rings (SSSR count). The second kappa shape index (κ2) is 10.8. The maximum Gasteiger partial charge on any atom is 0.295 e. The Labute approximate surface area is 204 Å². The largest absolute Gasteiger partial charge is 0.507 e. The van der Waals surface area contributed by atoms with Crippen molar-refractivity contribution in [2.45, 2.75) is 13.0 Å². The number of nitrogens with zero attached hydrogens (tertiary/aromatic N) is 2. The highest BCUT2D eigenvalue weighted by Crippen LogP contribution is 2.45. The minimum Gasteiger partial charge on any atom is -0.507 e. The third-order valence-electron chi connectivity index (χ3n) is 5.56. The van der Waals surface area contributed by atoms with Crippen LogP contribution < -0.4 is 14.2 Å². The van der Waals surface area contributed by atoms with E-state index in [9.17, 15) is 14.7 Å². The van der Waals surface area contributed by atoms with Crippen LogP contribution in [0, 0.1) is 0 Å². The average molecular weight is 489 g/mol. The summed E-state index contributed by atoms with van der Waals surface area (Å²) in [5.74, 6) is -0.528. The van der Waals surface area contributed by atoms with E-state index in [2.05, 4.69) is 0 Å². The monoisotopic (exact) mass is 488 g/mol. The van der Waals surface area contributed by atoms with Crippen molar-refractivity contribution < 1.29 is 28.9 Å². The summed E-state index contributed by atoms with van der Waals surface area (Å²) in [4.78, 5) is 29.7. The third-order valence-corrected chi connectivity index (χ3v) is 5.86. The summed E-state index contributed by atoms with van der Waals surface area (Å²) in [6, 6.07) is 9.06. The van der Waals surface area contributed by atoms with Crippen molar-refractivity contribution in [2.24, 2.45) is 0 Å². The molecule has 1 heterocycles. The standard InChI is InChI=1S/C25H29ClN2O6/c1-6-34-18-11-10-15(14-17(18)26)22(29)20-21(16-8-7-9-19(32-4)24(16)33-5)28(13-12-27(2)3)25(31)23(20)30/h7-11,14,21,29H,6,12-13H2,1-5H3/t21-/m0/s1. The molecule has 34 heavy (non-hydrogen) atoms. The van der Waals surface area contributed by atoms with E-state index in [-0.39, 0.29) is 22.9 Å². The molecule has 0 radical (unpaired) electrons. The molecule has 1 fully saturated rings. The number of Topliss-reactive ketones (excluding diaryl/α,β-unsaturated/α-hetero) is 1. The lowest BCUT2D eigenvalue weighted by molar-refractivity contribution is -0.140. The molecule has 0 spiro atoms. The number of amides is 1. The summed E-state index contributed by atoms with van der Waals surface area (Å²) in [5, 5.41) is 11.5. The highest BCUT2D eigenvalue weighted by molar-refractivity contribution is 6.46. The van der Waals surface area contributed by atoms with Crippen molar-refractivity contribution >= 4 is 29.1 Å². The molecular formula is C25H29ClN2O6. The van der Waals surface area contributed by atoms with E-state index in [4.69, 9.17) is 25.8 Å². The van der Waals surface area contributed by atoms with Crippen molar-refractivity contribution in [2.75, 3.05) is 48.0 Å². The Balaban J connectivity index is 2.22. The molecular weight excluding hydrogens is 460 g/mol. The van der Waals surface area contributed by atoms with Crippen molar-refractivity contribution in [3.05, 3.63) is 58.1 Å². The molecule has 2 aromatic carbocycles. The Hall–Kier alpha value is -3.23. The number of ether oxygens (including phenoxy) is 3. The number of halogens is 1. The van der Waals surface area contributed by atoms with Gasteiger partial charge >= 0.3 is 0 Å². The molecule has 1 atom stereocenters. The van der Waals surface area contributed by atoms with Gasteiger partial charge in [-0.2, -0.15) is 0 Å². The fourth-order valence-electron chi connectivity index (χ4n) is 3.95. The van der Waals surface area contributed by atoms with E-state index in [1.165, 1.54) is 25.2 Å². The number of aliphatic hydroxyl groups is 1. The van der Waals surface area contributed by atoms with Gasteiger partial charge in [-0.25, -0.2) is 0 Å². The number of ketones is 1. The van der Waals surface area contributed by atoms with Crippen LogP contribution in [0.2, 0.25) is 5.02 Å². The molecule has 0 aliphatic carbocycles. The van der Waals surface area contributed by atoms with Gasteiger partial charge in [0.2, 0.25) is 0 Å². The van der Waals surface area contributed by atoms with Gasteiger partial charge in [-0.1, -0.05) is 23.7 Å². The number of carbonyl (C=O) groups excluding carboxylic acids is 2. The van der Waals surface area contributed by atoms with Gasteiger partial charge in [-0.05, 0) is 45.3 Å². The zero-order valence-corrected chi connectivity index (χ0v) is 20.7. The summed E-state index contributed by atoms with van der Waals surface area (Å²) in [6.07, 6.45) is 0. The van der Waals surface area contributed by atoms with Gasteiger partial charge in [-0.3, -0.25) is 9.59 Å². The smallest absolute Gasteiger partial charge is 0.295 e. The van der Waals surface area contributed by atoms with Crippen LogP contribution in [-0.4, -0.2) is 74.6 Å². The fraction of sp³-hybridized carbons (Fsp3) is 0.360. The van der Waals surface area contributed by atoms with E-state index in [1.807, 2.05) is 25.9 Å². The minimum atomic E-state index is -0.879. The molecule has 1 saturated heterocycles. The van der Waals surface area contributed by atoms with Crippen LogP contribution in [0.3, 0.4) is 0 Å². The Morgan fingerprint density at radius 3 is 2.44 bits per heavy atom. The number of likely N-dealkylation sites (tertiary alicyclic amines) is 1. The second-order valence-electron chi connectivity index (χ2n) is 7.96. The number of carbonyl (C=O) groups is 2. The maximum atomic E-state index is 13.2. The van der Waals surface area contributed by atoms with Gasteiger partial charge in [0, 0.05) is 24.2 Å². The maximum absolute atomic E-state index is 13.2. The van der Waals surface area contributed by atoms with Gasteiger partial charge in [-0.15, -0.1) is 0 Å². The highest BCUT2D eigenvalue weighted by Gasteiger charge is 2.47. The topological polar surface area (TPSA) is 88.5 Å². The molecule has 182 valence electrons. The molecule has 0 aromatic heterocycles. The number of para-hydroxylation sites is 1. The summed E-state index contributed by atoms with van der Waals surface area (Å²) in [5.41, 5.74) is 0.778. The van der Waals surface area contributed by atoms with E-state index < -0.39 is 17.7 Å². The van der Waals surface area contributed by atoms with Gasteiger partial charge in [0.25, 0.3) is 11.7 Å². The van der Waals surface area contributed by atoms with E-state index >= 15 is 0 Å². The van der Waals surface area contributed by atoms with Crippen LogP contribution >= 0.6 is 11.6 Å². The Bertz CT molecular complexity index is 1110. The molecule has 1 aliphatic heterocycles. The first-order chi connectivity index (χ1) is 16.2. The zero-order chi connectivity index (χ0) is 25.0. The van der Waals surface area contributed by atoms with Crippen molar-refractivity contribution in [3.63, 3.8) is 0 Å². The lowest BCUT2D eigenvalue weighted by Gasteiger charge is -2.28. The number of methoxy groups -OCH3 is 2. The average Bonchev–Trinajstić information content (AvgIpc) is 3.07. The van der Waals surface area contributed by atoms with Gasteiger partial charge in [0.1, 0.15) is 11.5 Å². The molecule has 0 unspecified atom stereocenters. The van der Waals surface area contributed by atoms with Crippen LogP contribution in [0.1, 0.15) is 24.1 Å². The fourth-order valence-corrected chi connectivity index (χ4v) is 4.18. The quantitative estimate of drug-likeness (QED) is 0.327. The summed E-state index contributed by atoms with van der Waals surface area (Å²) >= 11 is 6.31. The number of hydrogen-bond donors (Lipinski definition) is 1. The van der Waals surface area contributed by atoms with Gasteiger partial charge in [0.15, 0.2) is 11.5 Å². The van der Waals surface area contributed by atoms with Crippen molar-refractivity contribution in [1.82, 2.24) is 9.80 Å². The highest BCUT2D eigenvalue weighted by atomic mass is 35.5. The zero-order valence-electron chi connectivity index (χ0n) is 19.9. The SMILES string of the molecule is CCOc1ccc(C(O)=C2C(=O)C(=O)N(CCN(C)C)[C@H]2c2cccc(OC)c2OC)cc1Cl. The van der Waals surface area contributed by atoms with Crippen LogP contribution in [0.5, 0.6) is 17.2 Å². The molecule has 0 bridgehead atoms. The predicted molar refractivity (Wildman–Crippen MR) is 130 cm³/mol. The molecule has 1 amide bonds. The van der Waals surface area contributed by atoms with E-state index in [1.54, 1.807) is 30.3 Å². The Morgan fingerprint density at radius 1 is 1.12 bits per heavy atom. The number of benzene rings is 2. The molecule has 1 N–H and O–H groups in total. The molecule has 2 aromatic rings. The number of likely N-dealkylation sites (N-methyl/N-ethyl adjacent to an activating group) is 1. The number of rotatable bonds is 9. The van der Waals surface area contributed by atoms with Crippen LogP contribution in [0.25, 0.3) is 5.76 Å². The van der Waals surface area contributed by atoms with Crippen LogP contribution in [-0.2, 0) is 9.59 Å².